The molecule has 2 saturated carbocycles. The third-order valence-electron chi connectivity index (χ3n) is 6.06. The van der Waals surface area contributed by atoms with E-state index in [2.05, 4.69) is 32.2 Å². The minimum Gasteiger partial charge on any atom is -0.353 e. The molecule has 2 aliphatic carbocycles. The van der Waals surface area contributed by atoms with Crippen LogP contribution in [0.1, 0.15) is 61.7 Å². The van der Waals surface area contributed by atoms with E-state index in [4.69, 9.17) is 0 Å². The van der Waals surface area contributed by atoms with Crippen molar-refractivity contribution < 1.29 is 4.79 Å². The maximum atomic E-state index is 13.0. The van der Waals surface area contributed by atoms with Crippen molar-refractivity contribution in [1.29, 1.82) is 0 Å². The number of carbonyl (C=O) groups excluding carboxylic acids is 1. The van der Waals surface area contributed by atoms with Crippen LogP contribution in [0.5, 0.6) is 0 Å². The molecular weight excluding hydrogens is 312 g/mol. The number of aryl methyl sites for hydroxylation is 1. The predicted molar refractivity (Wildman–Crippen MR) is 94.2 cm³/mol. The summed E-state index contributed by atoms with van der Waals surface area (Å²) in [7, 11) is 0. The Balaban J connectivity index is 1.27. The Morgan fingerprint density at radius 2 is 1.88 bits per heavy atom. The summed E-state index contributed by atoms with van der Waals surface area (Å²) in [4.78, 5) is 13.0. The molecule has 25 heavy (non-hydrogen) atoms. The fourth-order valence-corrected chi connectivity index (χ4v) is 4.15. The lowest BCUT2D eigenvalue weighted by Gasteiger charge is -2.21. The third-order valence-corrected chi connectivity index (χ3v) is 6.06. The molecular formula is C20H24N4O. The first-order chi connectivity index (χ1) is 12.3. The van der Waals surface area contributed by atoms with Crippen molar-refractivity contribution in [3.63, 3.8) is 0 Å². The zero-order chi connectivity index (χ0) is 16.9. The molecule has 1 aromatic heterocycles. The van der Waals surface area contributed by atoms with Gasteiger partial charge in [-0.3, -0.25) is 4.79 Å². The molecule has 0 saturated heterocycles. The van der Waals surface area contributed by atoms with Gasteiger partial charge in [-0.15, -0.1) is 10.2 Å². The summed E-state index contributed by atoms with van der Waals surface area (Å²) in [6, 6.07) is 10.5. The highest BCUT2D eigenvalue weighted by molar-refractivity contribution is 5.91. The SMILES string of the molecule is O=C(NC1CCc2nnc(C3CC3)n2CC1)C1(c2ccccc2)CC1. The topological polar surface area (TPSA) is 59.8 Å². The average molecular weight is 336 g/mol. The van der Waals surface area contributed by atoms with Crippen molar-refractivity contribution >= 4 is 5.91 Å². The first kappa shape index (κ1) is 15.1. The maximum absolute atomic E-state index is 13.0. The van der Waals surface area contributed by atoms with Crippen LogP contribution in [-0.4, -0.2) is 26.7 Å². The van der Waals surface area contributed by atoms with Gasteiger partial charge in [0.15, 0.2) is 0 Å². The number of hydrogen-bond acceptors (Lipinski definition) is 3. The highest BCUT2D eigenvalue weighted by atomic mass is 16.2. The molecule has 1 N–H and O–H groups in total. The zero-order valence-corrected chi connectivity index (χ0v) is 14.4. The second-order valence-corrected chi connectivity index (χ2v) is 7.85. The minimum atomic E-state index is -0.276. The Labute approximate surface area is 147 Å². The molecule has 0 radical (unpaired) electrons. The van der Waals surface area contributed by atoms with Crippen LogP contribution in [-0.2, 0) is 23.2 Å². The number of carbonyl (C=O) groups is 1. The van der Waals surface area contributed by atoms with Crippen LogP contribution in [0.3, 0.4) is 0 Å². The smallest absolute Gasteiger partial charge is 0.230 e. The van der Waals surface area contributed by atoms with E-state index < -0.39 is 0 Å². The van der Waals surface area contributed by atoms with Crippen molar-refractivity contribution in [2.75, 3.05) is 0 Å². The number of benzene rings is 1. The Hall–Kier alpha value is -2.17. The van der Waals surface area contributed by atoms with Crippen LogP contribution in [0.2, 0.25) is 0 Å². The van der Waals surface area contributed by atoms with Gasteiger partial charge in [0.05, 0.1) is 5.41 Å². The molecule has 3 aliphatic rings. The number of amides is 1. The molecule has 0 bridgehead atoms. The van der Waals surface area contributed by atoms with Crippen LogP contribution in [0, 0.1) is 0 Å². The second-order valence-electron chi connectivity index (χ2n) is 7.85. The highest BCUT2D eigenvalue weighted by Gasteiger charge is 2.51. The largest absolute Gasteiger partial charge is 0.353 e. The van der Waals surface area contributed by atoms with Crippen LogP contribution < -0.4 is 5.32 Å². The van der Waals surface area contributed by atoms with E-state index in [1.165, 1.54) is 18.7 Å². The van der Waals surface area contributed by atoms with Gasteiger partial charge >= 0.3 is 0 Å². The van der Waals surface area contributed by atoms with E-state index in [-0.39, 0.29) is 17.4 Å². The van der Waals surface area contributed by atoms with Gasteiger partial charge < -0.3 is 9.88 Å². The highest BCUT2D eigenvalue weighted by Crippen LogP contribution is 2.48. The molecule has 1 aromatic carbocycles. The molecule has 5 rings (SSSR count). The van der Waals surface area contributed by atoms with Gasteiger partial charge in [-0.2, -0.15) is 0 Å². The molecule has 130 valence electrons. The Morgan fingerprint density at radius 1 is 1.08 bits per heavy atom. The lowest BCUT2D eigenvalue weighted by molar-refractivity contribution is -0.124. The Morgan fingerprint density at radius 3 is 2.60 bits per heavy atom. The summed E-state index contributed by atoms with van der Waals surface area (Å²) in [5, 5.41) is 12.2. The molecule has 2 fully saturated rings. The predicted octanol–water partition coefficient (Wildman–Crippen LogP) is 2.71. The molecule has 5 heteroatoms. The van der Waals surface area contributed by atoms with Gasteiger partial charge in [0.1, 0.15) is 11.6 Å². The monoisotopic (exact) mass is 336 g/mol. The molecule has 1 unspecified atom stereocenters. The first-order valence-electron chi connectivity index (χ1n) is 9.55. The van der Waals surface area contributed by atoms with Gasteiger partial charge in [0, 0.05) is 24.9 Å². The number of aromatic nitrogens is 3. The van der Waals surface area contributed by atoms with Gasteiger partial charge in [0.25, 0.3) is 0 Å². The standard InChI is InChI=1S/C20H24N4O/c25-19(20(11-12-20)15-4-2-1-3-5-15)21-16-8-9-17-22-23-18(14-6-7-14)24(17)13-10-16/h1-5,14,16H,6-13H2,(H,21,25). The first-order valence-corrected chi connectivity index (χ1v) is 9.55. The van der Waals surface area contributed by atoms with Gasteiger partial charge in [-0.05, 0) is 44.1 Å². The average Bonchev–Trinajstić information content (AvgIpc) is 3.54. The molecule has 0 spiro atoms. The number of nitrogens with zero attached hydrogens (tertiary/aromatic N) is 3. The van der Waals surface area contributed by atoms with Crippen LogP contribution >= 0.6 is 0 Å². The van der Waals surface area contributed by atoms with E-state index in [0.29, 0.717) is 5.92 Å². The summed E-state index contributed by atoms with van der Waals surface area (Å²) < 4.78 is 2.31. The quantitative estimate of drug-likeness (QED) is 0.934. The summed E-state index contributed by atoms with van der Waals surface area (Å²) in [6.07, 6.45) is 7.26. The van der Waals surface area contributed by atoms with E-state index in [1.807, 2.05) is 18.2 Å². The van der Waals surface area contributed by atoms with Crippen LogP contribution in [0.15, 0.2) is 30.3 Å². The molecule has 2 aromatic rings. The number of nitrogens with one attached hydrogen (secondary N) is 1. The van der Waals surface area contributed by atoms with Crippen LogP contribution in [0.4, 0.5) is 0 Å². The number of rotatable bonds is 4. The van der Waals surface area contributed by atoms with Crippen LogP contribution in [0.25, 0.3) is 0 Å². The lowest BCUT2D eigenvalue weighted by atomic mass is 9.94. The fraction of sp³-hybridized carbons (Fsp3) is 0.550. The van der Waals surface area contributed by atoms with Crippen molar-refractivity contribution in [1.82, 2.24) is 20.1 Å². The summed E-state index contributed by atoms with van der Waals surface area (Å²) in [5.74, 6) is 3.11. The van der Waals surface area contributed by atoms with E-state index in [1.54, 1.807) is 0 Å². The molecule has 5 nitrogen and oxygen atoms in total. The summed E-state index contributed by atoms with van der Waals surface area (Å²) >= 11 is 0. The van der Waals surface area contributed by atoms with Gasteiger partial charge in [0.2, 0.25) is 5.91 Å². The zero-order valence-electron chi connectivity index (χ0n) is 14.4. The number of fused-ring (bicyclic) bond motifs is 1. The summed E-state index contributed by atoms with van der Waals surface area (Å²) in [5.41, 5.74) is 0.885. The van der Waals surface area contributed by atoms with E-state index in [9.17, 15) is 4.79 Å². The normalized spacial score (nSPS) is 24.2. The minimum absolute atomic E-state index is 0.212. The molecule has 1 atom stereocenters. The van der Waals surface area contributed by atoms with E-state index >= 15 is 0 Å². The van der Waals surface area contributed by atoms with E-state index in [0.717, 1.165) is 50.0 Å². The van der Waals surface area contributed by atoms with Gasteiger partial charge in [-0.1, -0.05) is 30.3 Å². The third kappa shape index (κ3) is 2.66. The molecule has 1 aliphatic heterocycles. The second kappa shape index (κ2) is 5.68. The fourth-order valence-electron chi connectivity index (χ4n) is 4.15. The number of hydrogen-bond donors (Lipinski definition) is 1. The van der Waals surface area contributed by atoms with Crippen molar-refractivity contribution in [3.8, 4) is 0 Å². The van der Waals surface area contributed by atoms with Crippen molar-refractivity contribution in [3.05, 3.63) is 47.5 Å². The van der Waals surface area contributed by atoms with Crippen molar-refractivity contribution in [2.24, 2.45) is 0 Å². The summed E-state index contributed by atoms with van der Waals surface area (Å²) in [6.45, 7) is 0.928. The Kier molecular flexibility index (Phi) is 3.43. The van der Waals surface area contributed by atoms with Crippen molar-refractivity contribution in [2.45, 2.75) is 68.9 Å². The Bertz CT molecular complexity index is 789. The molecule has 2 heterocycles. The van der Waals surface area contributed by atoms with Gasteiger partial charge in [-0.25, -0.2) is 0 Å². The maximum Gasteiger partial charge on any atom is 0.230 e. The molecule has 1 amide bonds. The lowest BCUT2D eigenvalue weighted by Crippen LogP contribution is -2.41.